The number of carboxylic acids is 1. The molecule has 1 atom stereocenters. The summed E-state index contributed by atoms with van der Waals surface area (Å²) in [5.41, 5.74) is 1.17. The minimum atomic E-state index is -0.960. The first-order valence-corrected chi connectivity index (χ1v) is 7.12. The van der Waals surface area contributed by atoms with Gasteiger partial charge in [0, 0.05) is 11.9 Å². The molecule has 1 aromatic carbocycles. The van der Waals surface area contributed by atoms with Gasteiger partial charge in [-0.1, -0.05) is 24.6 Å². The molecule has 0 heterocycles. The molecule has 0 saturated carbocycles. The second kappa shape index (κ2) is 7.19. The lowest BCUT2D eigenvalue weighted by Crippen LogP contribution is -2.42. The van der Waals surface area contributed by atoms with Gasteiger partial charge in [0.1, 0.15) is 6.04 Å². The highest BCUT2D eigenvalue weighted by molar-refractivity contribution is 8.00. The summed E-state index contributed by atoms with van der Waals surface area (Å²) in [6.45, 7) is 3.77. The molecule has 0 saturated heterocycles. The van der Waals surface area contributed by atoms with Crippen LogP contribution in [-0.2, 0) is 9.59 Å². The number of thioether (sulfide) groups is 1. The third kappa shape index (κ3) is 4.59. The van der Waals surface area contributed by atoms with Crippen molar-refractivity contribution in [3.63, 3.8) is 0 Å². The van der Waals surface area contributed by atoms with E-state index in [9.17, 15) is 9.59 Å². The molecule has 1 aromatic rings. The fourth-order valence-electron chi connectivity index (χ4n) is 1.67. The van der Waals surface area contributed by atoms with Crippen molar-refractivity contribution in [2.24, 2.45) is 0 Å². The number of aryl methyl sites for hydroxylation is 1. The first-order valence-electron chi connectivity index (χ1n) is 6.13. The number of carboxylic acid groups (broad SMARTS) is 1. The molecule has 1 amide bonds. The zero-order chi connectivity index (χ0) is 14.4. The van der Waals surface area contributed by atoms with Crippen molar-refractivity contribution in [1.29, 1.82) is 0 Å². The fourth-order valence-corrected chi connectivity index (χ4v) is 2.49. The van der Waals surface area contributed by atoms with Crippen LogP contribution in [0.15, 0.2) is 29.2 Å². The Labute approximate surface area is 117 Å². The quantitative estimate of drug-likeness (QED) is 0.814. The molecule has 104 valence electrons. The van der Waals surface area contributed by atoms with E-state index in [1.54, 1.807) is 14.0 Å². The number of carbonyl (C=O) groups is 2. The Morgan fingerprint density at radius 1 is 1.32 bits per heavy atom. The molecule has 1 unspecified atom stereocenters. The van der Waals surface area contributed by atoms with Crippen LogP contribution >= 0.6 is 11.8 Å². The van der Waals surface area contributed by atoms with Gasteiger partial charge >= 0.3 is 5.97 Å². The summed E-state index contributed by atoms with van der Waals surface area (Å²) in [5.74, 6) is -0.873. The van der Waals surface area contributed by atoms with Gasteiger partial charge in [0.25, 0.3) is 0 Å². The van der Waals surface area contributed by atoms with Crippen molar-refractivity contribution >= 4 is 23.6 Å². The third-order valence-corrected chi connectivity index (χ3v) is 3.91. The predicted octanol–water partition coefficient (Wildman–Crippen LogP) is 2.41. The van der Waals surface area contributed by atoms with Gasteiger partial charge in [-0.3, -0.25) is 4.79 Å². The van der Waals surface area contributed by atoms with Crippen LogP contribution in [0.25, 0.3) is 0 Å². The molecule has 0 aromatic heterocycles. The van der Waals surface area contributed by atoms with Gasteiger partial charge in [-0.2, -0.15) is 0 Å². The van der Waals surface area contributed by atoms with Gasteiger partial charge in [-0.15, -0.1) is 11.8 Å². The summed E-state index contributed by atoms with van der Waals surface area (Å²) >= 11 is 1.42. The normalized spacial score (nSPS) is 11.9. The van der Waals surface area contributed by atoms with Crippen LogP contribution in [0.4, 0.5) is 0 Å². The number of carbonyl (C=O) groups excluding carboxylic acids is 1. The van der Waals surface area contributed by atoms with Crippen LogP contribution in [0, 0.1) is 6.92 Å². The van der Waals surface area contributed by atoms with Gasteiger partial charge in [-0.25, -0.2) is 4.79 Å². The lowest BCUT2D eigenvalue weighted by Gasteiger charge is -2.23. The van der Waals surface area contributed by atoms with Crippen LogP contribution in [0.2, 0.25) is 0 Å². The average Bonchev–Trinajstić information content (AvgIpc) is 2.38. The summed E-state index contributed by atoms with van der Waals surface area (Å²) in [6, 6.07) is 7.15. The van der Waals surface area contributed by atoms with Crippen molar-refractivity contribution in [2.45, 2.75) is 31.2 Å². The predicted molar refractivity (Wildman–Crippen MR) is 76.4 cm³/mol. The lowest BCUT2D eigenvalue weighted by atomic mass is 10.2. The zero-order valence-corrected chi connectivity index (χ0v) is 12.2. The minimum Gasteiger partial charge on any atom is -0.480 e. The number of hydrogen-bond donors (Lipinski definition) is 1. The Balaban J connectivity index is 2.55. The molecule has 0 bridgehead atoms. The molecule has 0 aliphatic rings. The van der Waals surface area contributed by atoms with Gasteiger partial charge in [0.05, 0.1) is 5.75 Å². The SMILES string of the molecule is CCC(C(=O)O)N(C)C(=O)CSc1ccc(C)cc1. The van der Waals surface area contributed by atoms with Crippen LogP contribution in [0.5, 0.6) is 0 Å². The number of likely N-dealkylation sites (N-methyl/N-ethyl adjacent to an activating group) is 1. The van der Waals surface area contributed by atoms with E-state index in [0.29, 0.717) is 6.42 Å². The first kappa shape index (κ1) is 15.6. The third-order valence-electron chi connectivity index (χ3n) is 2.92. The zero-order valence-electron chi connectivity index (χ0n) is 11.4. The number of nitrogens with zero attached hydrogens (tertiary/aromatic N) is 1. The largest absolute Gasteiger partial charge is 0.480 e. The number of aliphatic carboxylic acids is 1. The first-order chi connectivity index (χ1) is 8.95. The van der Waals surface area contributed by atoms with Crippen molar-refractivity contribution in [2.75, 3.05) is 12.8 Å². The van der Waals surface area contributed by atoms with Crippen molar-refractivity contribution in [3.8, 4) is 0 Å². The van der Waals surface area contributed by atoms with Gasteiger partial charge in [0.15, 0.2) is 0 Å². The number of benzene rings is 1. The smallest absolute Gasteiger partial charge is 0.326 e. The molecular formula is C14H19NO3S. The Hall–Kier alpha value is -1.49. The van der Waals surface area contributed by atoms with E-state index in [-0.39, 0.29) is 11.7 Å². The molecule has 1 rings (SSSR count). The maximum atomic E-state index is 11.9. The van der Waals surface area contributed by atoms with Crippen LogP contribution in [0.1, 0.15) is 18.9 Å². The summed E-state index contributed by atoms with van der Waals surface area (Å²) in [6.07, 6.45) is 0.409. The summed E-state index contributed by atoms with van der Waals surface area (Å²) in [5, 5.41) is 9.01. The van der Waals surface area contributed by atoms with Gasteiger partial charge < -0.3 is 10.0 Å². The number of amides is 1. The van der Waals surface area contributed by atoms with Crippen molar-refractivity contribution in [3.05, 3.63) is 29.8 Å². The Kier molecular flexibility index (Phi) is 5.89. The number of rotatable bonds is 6. The van der Waals surface area contributed by atoms with Crippen molar-refractivity contribution in [1.82, 2.24) is 4.90 Å². The molecule has 0 radical (unpaired) electrons. The minimum absolute atomic E-state index is 0.167. The van der Waals surface area contributed by atoms with E-state index >= 15 is 0 Å². The van der Waals surface area contributed by atoms with E-state index in [2.05, 4.69) is 0 Å². The van der Waals surface area contributed by atoms with E-state index in [4.69, 9.17) is 5.11 Å². The lowest BCUT2D eigenvalue weighted by molar-refractivity contribution is -0.148. The van der Waals surface area contributed by atoms with Crippen LogP contribution in [-0.4, -0.2) is 40.7 Å². The summed E-state index contributed by atoms with van der Waals surface area (Å²) in [4.78, 5) is 25.2. The van der Waals surface area contributed by atoms with Gasteiger partial charge in [0.2, 0.25) is 5.91 Å². The second-order valence-electron chi connectivity index (χ2n) is 4.37. The standard InChI is InChI=1S/C14H19NO3S/c1-4-12(14(17)18)15(3)13(16)9-19-11-7-5-10(2)6-8-11/h5-8,12H,4,9H2,1-3H3,(H,17,18). The average molecular weight is 281 g/mol. The van der Waals surface area contributed by atoms with E-state index in [0.717, 1.165) is 4.90 Å². The summed E-state index contributed by atoms with van der Waals surface area (Å²) in [7, 11) is 1.54. The highest BCUT2D eigenvalue weighted by Crippen LogP contribution is 2.19. The Morgan fingerprint density at radius 2 is 1.89 bits per heavy atom. The molecule has 4 nitrogen and oxygen atoms in total. The van der Waals surface area contributed by atoms with Crippen LogP contribution < -0.4 is 0 Å². The van der Waals surface area contributed by atoms with Gasteiger partial charge in [-0.05, 0) is 25.5 Å². The highest BCUT2D eigenvalue weighted by atomic mass is 32.2. The molecule has 0 aliphatic heterocycles. The monoisotopic (exact) mass is 281 g/mol. The molecule has 0 spiro atoms. The molecule has 5 heteroatoms. The Bertz CT molecular complexity index is 445. The maximum Gasteiger partial charge on any atom is 0.326 e. The molecule has 0 aliphatic carbocycles. The van der Waals surface area contributed by atoms with E-state index < -0.39 is 12.0 Å². The molecule has 19 heavy (non-hydrogen) atoms. The van der Waals surface area contributed by atoms with E-state index in [1.165, 1.54) is 22.2 Å². The van der Waals surface area contributed by atoms with Crippen molar-refractivity contribution < 1.29 is 14.7 Å². The topological polar surface area (TPSA) is 57.6 Å². The highest BCUT2D eigenvalue weighted by Gasteiger charge is 2.24. The fraction of sp³-hybridized carbons (Fsp3) is 0.429. The number of hydrogen-bond acceptors (Lipinski definition) is 3. The second-order valence-corrected chi connectivity index (χ2v) is 5.42. The molecular weight excluding hydrogens is 262 g/mol. The molecule has 0 fully saturated rings. The summed E-state index contributed by atoms with van der Waals surface area (Å²) < 4.78 is 0. The Morgan fingerprint density at radius 3 is 2.37 bits per heavy atom. The van der Waals surface area contributed by atoms with E-state index in [1.807, 2.05) is 31.2 Å². The van der Waals surface area contributed by atoms with Crippen LogP contribution in [0.3, 0.4) is 0 Å². The maximum absolute atomic E-state index is 11.9. The molecule has 1 N–H and O–H groups in total.